The van der Waals surface area contributed by atoms with Crippen molar-refractivity contribution in [2.45, 2.75) is 26.9 Å². The molecule has 0 aliphatic rings. The van der Waals surface area contributed by atoms with Crippen molar-refractivity contribution in [1.82, 2.24) is 0 Å². The highest BCUT2D eigenvalue weighted by atomic mass is 16.5. The minimum atomic E-state index is -1.06. The van der Waals surface area contributed by atoms with Crippen molar-refractivity contribution in [3.63, 3.8) is 0 Å². The maximum Gasteiger partial charge on any atom is 0.371 e. The zero-order chi connectivity index (χ0) is 15.9. The molecule has 0 heterocycles. The Morgan fingerprint density at radius 2 is 1.91 bits per heavy atom. The third kappa shape index (κ3) is 4.22. The van der Waals surface area contributed by atoms with E-state index in [4.69, 9.17) is 4.74 Å². The van der Waals surface area contributed by atoms with Crippen molar-refractivity contribution in [1.29, 1.82) is 0 Å². The van der Waals surface area contributed by atoms with Crippen LogP contribution >= 0.6 is 0 Å². The van der Waals surface area contributed by atoms with Crippen LogP contribution in [0.5, 0.6) is 0 Å². The molecule has 0 bridgehead atoms. The lowest BCUT2D eigenvalue weighted by Gasteiger charge is -2.09. The van der Waals surface area contributed by atoms with Gasteiger partial charge < -0.3 is 9.84 Å². The number of carbonyl (C=O) groups is 1. The quantitative estimate of drug-likeness (QED) is 0.642. The third-order valence-electron chi connectivity index (χ3n) is 3.41. The van der Waals surface area contributed by atoms with Crippen LogP contribution in [0.4, 0.5) is 0 Å². The van der Waals surface area contributed by atoms with Gasteiger partial charge in [-0.15, -0.1) is 0 Å². The molecule has 3 heteroatoms. The largest absolute Gasteiger partial charge is 0.482 e. The predicted octanol–water partition coefficient (Wildman–Crippen LogP) is 4.20. The average Bonchev–Trinajstić information content (AvgIpc) is 2.53. The smallest absolute Gasteiger partial charge is 0.371 e. The van der Waals surface area contributed by atoms with E-state index in [2.05, 4.69) is 13.0 Å². The lowest BCUT2D eigenvalue weighted by Crippen LogP contribution is -2.05. The minimum Gasteiger partial charge on any atom is -0.482 e. The molecular formula is C19H20O3. The summed E-state index contributed by atoms with van der Waals surface area (Å²) in [6.45, 7) is 4.32. The van der Waals surface area contributed by atoms with Gasteiger partial charge in [0.2, 0.25) is 5.76 Å². The molecule has 0 fully saturated rings. The zero-order valence-corrected chi connectivity index (χ0v) is 12.9. The van der Waals surface area contributed by atoms with Crippen LogP contribution in [0.2, 0.25) is 0 Å². The Bertz CT molecular complexity index is 672. The molecule has 0 amide bonds. The summed E-state index contributed by atoms with van der Waals surface area (Å²) in [5.41, 5.74) is 4.10. The van der Waals surface area contributed by atoms with Crippen LogP contribution in [0.1, 0.15) is 29.2 Å². The number of hydrogen-bond acceptors (Lipinski definition) is 2. The fourth-order valence-electron chi connectivity index (χ4n) is 2.22. The van der Waals surface area contributed by atoms with Gasteiger partial charge in [-0.2, -0.15) is 0 Å². The van der Waals surface area contributed by atoms with Crippen molar-refractivity contribution in [2.24, 2.45) is 0 Å². The summed E-state index contributed by atoms with van der Waals surface area (Å²) in [6.07, 6.45) is 2.45. The van der Waals surface area contributed by atoms with Crippen LogP contribution in [0.25, 0.3) is 6.08 Å². The van der Waals surface area contributed by atoms with E-state index in [9.17, 15) is 9.90 Å². The van der Waals surface area contributed by atoms with Gasteiger partial charge in [-0.3, -0.25) is 0 Å². The first-order chi connectivity index (χ1) is 10.6. The van der Waals surface area contributed by atoms with Crippen LogP contribution < -0.4 is 0 Å². The van der Waals surface area contributed by atoms with E-state index in [1.165, 1.54) is 0 Å². The van der Waals surface area contributed by atoms with Crippen molar-refractivity contribution in [3.05, 3.63) is 76.5 Å². The molecule has 114 valence electrons. The molecular weight excluding hydrogens is 276 g/mol. The minimum absolute atomic E-state index is 0.0394. The molecule has 0 unspecified atom stereocenters. The SMILES string of the molecule is CCc1cc(C)ccc1C=C(OCc1ccccc1)C(=O)O. The van der Waals surface area contributed by atoms with Crippen molar-refractivity contribution >= 4 is 12.0 Å². The zero-order valence-electron chi connectivity index (χ0n) is 12.9. The summed E-state index contributed by atoms with van der Waals surface area (Å²) >= 11 is 0. The second-order valence-electron chi connectivity index (χ2n) is 5.14. The van der Waals surface area contributed by atoms with Crippen LogP contribution in [0.15, 0.2) is 54.3 Å². The molecule has 0 saturated heterocycles. The van der Waals surface area contributed by atoms with Gasteiger partial charge >= 0.3 is 5.97 Å². The van der Waals surface area contributed by atoms with Crippen molar-refractivity contribution in [2.75, 3.05) is 0 Å². The number of ether oxygens (including phenoxy) is 1. The molecule has 0 aliphatic carbocycles. The van der Waals surface area contributed by atoms with Crippen molar-refractivity contribution < 1.29 is 14.6 Å². The maximum absolute atomic E-state index is 11.4. The Balaban J connectivity index is 2.22. The third-order valence-corrected chi connectivity index (χ3v) is 3.41. The molecule has 1 N–H and O–H groups in total. The van der Waals surface area contributed by atoms with Gasteiger partial charge in [0.1, 0.15) is 6.61 Å². The van der Waals surface area contributed by atoms with E-state index < -0.39 is 5.97 Å². The topological polar surface area (TPSA) is 46.5 Å². The van der Waals surface area contributed by atoms with E-state index in [0.717, 1.165) is 28.7 Å². The second kappa shape index (κ2) is 7.46. The number of aliphatic carboxylic acids is 1. The fraction of sp³-hybridized carbons (Fsp3) is 0.211. The van der Waals surface area contributed by atoms with E-state index >= 15 is 0 Å². The van der Waals surface area contributed by atoms with Gasteiger partial charge in [0.25, 0.3) is 0 Å². The highest BCUT2D eigenvalue weighted by Crippen LogP contribution is 2.17. The van der Waals surface area contributed by atoms with Crippen LogP contribution in [0.3, 0.4) is 0 Å². The molecule has 2 aromatic carbocycles. The van der Waals surface area contributed by atoms with E-state index in [1.54, 1.807) is 6.08 Å². The highest BCUT2D eigenvalue weighted by molar-refractivity contribution is 5.90. The predicted molar refractivity (Wildman–Crippen MR) is 87.4 cm³/mol. The number of carboxylic acid groups (broad SMARTS) is 1. The Morgan fingerprint density at radius 1 is 1.18 bits per heavy atom. The molecule has 0 aliphatic heterocycles. The summed E-state index contributed by atoms with van der Waals surface area (Å²) in [4.78, 5) is 11.4. The van der Waals surface area contributed by atoms with Gasteiger partial charge in [-0.25, -0.2) is 4.79 Å². The Kier molecular flexibility index (Phi) is 5.37. The number of benzene rings is 2. The van der Waals surface area contributed by atoms with Gasteiger partial charge in [0.05, 0.1) is 0 Å². The first-order valence-corrected chi connectivity index (χ1v) is 7.31. The number of aryl methyl sites for hydroxylation is 2. The molecule has 22 heavy (non-hydrogen) atoms. The number of hydrogen-bond donors (Lipinski definition) is 1. The highest BCUT2D eigenvalue weighted by Gasteiger charge is 2.11. The normalized spacial score (nSPS) is 11.3. The Hall–Kier alpha value is -2.55. The molecule has 0 radical (unpaired) electrons. The summed E-state index contributed by atoms with van der Waals surface area (Å²) < 4.78 is 5.48. The average molecular weight is 296 g/mol. The molecule has 0 spiro atoms. The van der Waals surface area contributed by atoms with E-state index in [0.29, 0.717) is 0 Å². The molecule has 0 saturated carbocycles. The summed E-state index contributed by atoms with van der Waals surface area (Å²) in [5, 5.41) is 9.34. The van der Waals surface area contributed by atoms with Crippen LogP contribution in [0, 0.1) is 6.92 Å². The molecule has 2 aromatic rings. The van der Waals surface area contributed by atoms with Gasteiger partial charge in [0.15, 0.2) is 0 Å². The van der Waals surface area contributed by atoms with Gasteiger partial charge in [0, 0.05) is 0 Å². The standard InChI is InChI=1S/C19H20O3/c1-3-16-11-14(2)9-10-17(16)12-18(19(20)21)22-13-15-7-5-4-6-8-15/h4-12H,3,13H2,1-2H3,(H,20,21). The lowest BCUT2D eigenvalue weighted by molar-refractivity contribution is -0.136. The van der Waals surface area contributed by atoms with Gasteiger partial charge in [-0.05, 0) is 36.1 Å². The Morgan fingerprint density at radius 3 is 2.55 bits per heavy atom. The summed E-state index contributed by atoms with van der Waals surface area (Å²) in [6, 6.07) is 15.5. The lowest BCUT2D eigenvalue weighted by atomic mass is 10.0. The Labute approximate surface area is 130 Å². The molecule has 2 rings (SSSR count). The van der Waals surface area contributed by atoms with Crippen molar-refractivity contribution in [3.8, 4) is 0 Å². The molecule has 0 atom stereocenters. The number of carboxylic acids is 1. The monoisotopic (exact) mass is 296 g/mol. The fourth-order valence-corrected chi connectivity index (χ4v) is 2.22. The van der Waals surface area contributed by atoms with E-state index in [-0.39, 0.29) is 12.4 Å². The van der Waals surface area contributed by atoms with E-state index in [1.807, 2.05) is 49.4 Å². The van der Waals surface area contributed by atoms with Gasteiger partial charge in [-0.1, -0.05) is 61.0 Å². The van der Waals surface area contributed by atoms with Crippen LogP contribution in [-0.2, 0) is 22.6 Å². The summed E-state index contributed by atoms with van der Waals surface area (Å²) in [7, 11) is 0. The first-order valence-electron chi connectivity index (χ1n) is 7.31. The first kappa shape index (κ1) is 15.8. The molecule has 0 aromatic heterocycles. The maximum atomic E-state index is 11.4. The molecule has 3 nitrogen and oxygen atoms in total. The number of rotatable bonds is 6. The van der Waals surface area contributed by atoms with Crippen LogP contribution in [-0.4, -0.2) is 11.1 Å². The second-order valence-corrected chi connectivity index (χ2v) is 5.14. The summed E-state index contributed by atoms with van der Waals surface area (Å²) in [5.74, 6) is -1.10.